The molecular formula is C8H11F2NO2S. The smallest absolute Gasteiger partial charge is 0.255 e. The van der Waals surface area contributed by atoms with Gasteiger partial charge in [-0.3, -0.25) is 9.59 Å². The molecule has 0 radical (unpaired) electrons. The molecule has 1 aliphatic rings. The standard InChI is InChI=1S/C8H11F2NO2S/c1-5(12)14-6-2-8(13)11(3-6)4-7(9)10/h6-7H,2-4H2,1H3. The van der Waals surface area contributed by atoms with Crippen LogP contribution in [0.5, 0.6) is 0 Å². The van der Waals surface area contributed by atoms with Crippen LogP contribution in [0.3, 0.4) is 0 Å². The van der Waals surface area contributed by atoms with Crippen molar-refractivity contribution in [3.8, 4) is 0 Å². The molecule has 80 valence electrons. The second-order valence-corrected chi connectivity index (χ2v) is 4.60. The summed E-state index contributed by atoms with van der Waals surface area (Å²) in [6, 6.07) is 0. The number of carbonyl (C=O) groups is 2. The van der Waals surface area contributed by atoms with Gasteiger partial charge in [0.15, 0.2) is 5.12 Å². The lowest BCUT2D eigenvalue weighted by Gasteiger charge is -2.14. The average Bonchev–Trinajstić information content (AvgIpc) is 2.28. The Morgan fingerprint density at radius 2 is 2.36 bits per heavy atom. The predicted molar refractivity (Wildman–Crippen MR) is 49.3 cm³/mol. The maximum Gasteiger partial charge on any atom is 0.255 e. The summed E-state index contributed by atoms with van der Waals surface area (Å²) in [5, 5.41) is -0.236. The molecule has 1 amide bonds. The van der Waals surface area contributed by atoms with Crippen LogP contribution in [0, 0.1) is 0 Å². The zero-order valence-corrected chi connectivity index (χ0v) is 8.52. The normalized spacial score (nSPS) is 22.1. The third kappa shape index (κ3) is 3.25. The van der Waals surface area contributed by atoms with Crippen molar-refractivity contribution in [1.29, 1.82) is 0 Å². The zero-order valence-electron chi connectivity index (χ0n) is 7.70. The molecule has 6 heteroatoms. The van der Waals surface area contributed by atoms with E-state index < -0.39 is 13.0 Å². The van der Waals surface area contributed by atoms with Crippen molar-refractivity contribution in [1.82, 2.24) is 4.90 Å². The van der Waals surface area contributed by atoms with Gasteiger partial charge in [-0.1, -0.05) is 11.8 Å². The van der Waals surface area contributed by atoms with Gasteiger partial charge >= 0.3 is 0 Å². The van der Waals surface area contributed by atoms with E-state index in [4.69, 9.17) is 0 Å². The summed E-state index contributed by atoms with van der Waals surface area (Å²) in [5.74, 6) is -0.288. The number of likely N-dealkylation sites (tertiary alicyclic amines) is 1. The molecule has 1 heterocycles. The fourth-order valence-electron chi connectivity index (χ4n) is 1.39. The van der Waals surface area contributed by atoms with Crippen molar-refractivity contribution in [2.24, 2.45) is 0 Å². The predicted octanol–water partition coefficient (Wildman–Crippen LogP) is 1.13. The Morgan fingerprint density at radius 1 is 1.71 bits per heavy atom. The summed E-state index contributed by atoms with van der Waals surface area (Å²) in [6.45, 7) is 1.14. The molecule has 0 aromatic rings. The quantitative estimate of drug-likeness (QED) is 0.719. The molecule has 1 rings (SSSR count). The summed E-state index contributed by atoms with van der Waals surface area (Å²) >= 11 is 1.05. The summed E-state index contributed by atoms with van der Waals surface area (Å²) in [5.41, 5.74) is 0. The first-order valence-corrected chi connectivity index (χ1v) is 5.10. The highest BCUT2D eigenvalue weighted by Crippen LogP contribution is 2.24. The molecule has 1 fully saturated rings. The number of hydrogen-bond acceptors (Lipinski definition) is 3. The highest BCUT2D eigenvalue weighted by atomic mass is 32.2. The van der Waals surface area contributed by atoms with Gasteiger partial charge in [-0.05, 0) is 0 Å². The Hall–Kier alpha value is -0.650. The maximum atomic E-state index is 12.0. The van der Waals surface area contributed by atoms with Crippen molar-refractivity contribution < 1.29 is 18.4 Å². The Morgan fingerprint density at radius 3 is 2.86 bits per heavy atom. The van der Waals surface area contributed by atoms with Crippen LogP contribution < -0.4 is 0 Å². The molecule has 1 aliphatic heterocycles. The number of hydrogen-bond donors (Lipinski definition) is 0. The third-order valence-electron chi connectivity index (χ3n) is 1.87. The van der Waals surface area contributed by atoms with E-state index in [-0.39, 0.29) is 29.2 Å². The number of rotatable bonds is 3. The van der Waals surface area contributed by atoms with E-state index >= 15 is 0 Å². The number of alkyl halides is 2. The molecular weight excluding hydrogens is 212 g/mol. The van der Waals surface area contributed by atoms with Crippen LogP contribution in [0.15, 0.2) is 0 Å². The lowest BCUT2D eigenvalue weighted by molar-refractivity contribution is -0.129. The summed E-state index contributed by atoms with van der Waals surface area (Å²) in [4.78, 5) is 23.0. The van der Waals surface area contributed by atoms with Crippen LogP contribution in [0.4, 0.5) is 8.78 Å². The van der Waals surface area contributed by atoms with Crippen LogP contribution in [0.25, 0.3) is 0 Å². The summed E-state index contributed by atoms with van der Waals surface area (Å²) < 4.78 is 24.0. The van der Waals surface area contributed by atoms with Gasteiger partial charge < -0.3 is 4.90 Å². The molecule has 0 aromatic heterocycles. The summed E-state index contributed by atoms with van der Waals surface area (Å²) in [7, 11) is 0. The van der Waals surface area contributed by atoms with Crippen LogP contribution in [0.1, 0.15) is 13.3 Å². The van der Waals surface area contributed by atoms with Gasteiger partial charge in [0.1, 0.15) is 0 Å². The lowest BCUT2D eigenvalue weighted by Crippen LogP contribution is -2.30. The Bertz CT molecular complexity index is 247. The van der Waals surface area contributed by atoms with E-state index in [2.05, 4.69) is 0 Å². The molecule has 0 saturated carbocycles. The fourth-order valence-corrected chi connectivity index (χ4v) is 2.34. The lowest BCUT2D eigenvalue weighted by atomic mass is 10.4. The Labute approximate surface area is 84.8 Å². The van der Waals surface area contributed by atoms with E-state index in [9.17, 15) is 18.4 Å². The average molecular weight is 223 g/mol. The van der Waals surface area contributed by atoms with Crippen molar-refractivity contribution in [2.45, 2.75) is 25.0 Å². The number of thioether (sulfide) groups is 1. The number of amides is 1. The molecule has 3 nitrogen and oxygen atoms in total. The zero-order chi connectivity index (χ0) is 10.7. The van der Waals surface area contributed by atoms with Gasteiger partial charge in [0, 0.05) is 25.1 Å². The molecule has 1 unspecified atom stereocenters. The molecule has 0 bridgehead atoms. The number of halogens is 2. The second kappa shape index (κ2) is 4.72. The Balaban J connectivity index is 2.43. The number of nitrogens with zero attached hydrogens (tertiary/aromatic N) is 1. The van der Waals surface area contributed by atoms with Gasteiger partial charge in [-0.25, -0.2) is 8.78 Å². The van der Waals surface area contributed by atoms with Crippen molar-refractivity contribution in [2.75, 3.05) is 13.1 Å². The first-order valence-electron chi connectivity index (χ1n) is 4.22. The minimum Gasteiger partial charge on any atom is -0.336 e. The topological polar surface area (TPSA) is 37.4 Å². The molecule has 14 heavy (non-hydrogen) atoms. The molecule has 1 saturated heterocycles. The van der Waals surface area contributed by atoms with Crippen LogP contribution >= 0.6 is 11.8 Å². The van der Waals surface area contributed by atoms with E-state index in [1.165, 1.54) is 6.92 Å². The van der Waals surface area contributed by atoms with Crippen molar-refractivity contribution in [3.05, 3.63) is 0 Å². The van der Waals surface area contributed by atoms with Gasteiger partial charge in [0.05, 0.1) is 6.54 Å². The monoisotopic (exact) mass is 223 g/mol. The van der Waals surface area contributed by atoms with E-state index in [1.54, 1.807) is 0 Å². The Kier molecular flexibility index (Phi) is 3.86. The van der Waals surface area contributed by atoms with E-state index in [0.717, 1.165) is 16.7 Å². The largest absolute Gasteiger partial charge is 0.336 e. The van der Waals surface area contributed by atoms with Crippen LogP contribution in [-0.2, 0) is 9.59 Å². The highest BCUT2D eigenvalue weighted by Gasteiger charge is 2.32. The molecule has 0 aliphatic carbocycles. The fraction of sp³-hybridized carbons (Fsp3) is 0.750. The van der Waals surface area contributed by atoms with Crippen molar-refractivity contribution in [3.63, 3.8) is 0 Å². The van der Waals surface area contributed by atoms with Crippen LogP contribution in [-0.4, -0.2) is 40.7 Å². The maximum absolute atomic E-state index is 12.0. The minimum atomic E-state index is -2.50. The van der Waals surface area contributed by atoms with E-state index in [0.29, 0.717) is 0 Å². The first-order chi connectivity index (χ1) is 6.49. The van der Waals surface area contributed by atoms with Crippen molar-refractivity contribution >= 4 is 22.8 Å². The highest BCUT2D eigenvalue weighted by molar-refractivity contribution is 8.14. The molecule has 0 spiro atoms. The van der Waals surface area contributed by atoms with E-state index in [1.807, 2.05) is 0 Å². The second-order valence-electron chi connectivity index (χ2n) is 3.13. The first kappa shape index (κ1) is 11.4. The van der Waals surface area contributed by atoms with Gasteiger partial charge in [0.25, 0.3) is 6.43 Å². The summed E-state index contributed by atoms with van der Waals surface area (Å²) in [6.07, 6.45) is -2.31. The molecule has 1 atom stereocenters. The third-order valence-corrected chi connectivity index (χ3v) is 2.85. The van der Waals surface area contributed by atoms with Gasteiger partial charge in [-0.2, -0.15) is 0 Å². The molecule has 0 N–H and O–H groups in total. The molecule has 0 aromatic carbocycles. The minimum absolute atomic E-state index is 0.0818. The van der Waals surface area contributed by atoms with Gasteiger partial charge in [0.2, 0.25) is 5.91 Å². The SMILES string of the molecule is CC(=O)SC1CC(=O)N(CC(F)F)C1. The van der Waals surface area contributed by atoms with Gasteiger partial charge in [-0.15, -0.1) is 0 Å². The van der Waals surface area contributed by atoms with Crippen LogP contribution in [0.2, 0.25) is 0 Å². The number of carbonyl (C=O) groups excluding carboxylic acids is 2.